The van der Waals surface area contributed by atoms with Gasteiger partial charge in [-0.2, -0.15) is 5.10 Å². The van der Waals surface area contributed by atoms with Crippen molar-refractivity contribution in [3.63, 3.8) is 0 Å². The molecular formula is C21H25N3O. The van der Waals surface area contributed by atoms with Crippen LogP contribution < -0.4 is 10.5 Å². The van der Waals surface area contributed by atoms with Crippen LogP contribution in [0, 0.1) is 27.7 Å². The van der Waals surface area contributed by atoms with E-state index in [1.54, 1.807) is 0 Å². The second-order valence-corrected chi connectivity index (χ2v) is 6.66. The monoisotopic (exact) mass is 335 g/mol. The first-order valence-electron chi connectivity index (χ1n) is 8.46. The van der Waals surface area contributed by atoms with Gasteiger partial charge in [-0.05, 0) is 68.7 Å². The van der Waals surface area contributed by atoms with Crippen LogP contribution in [0.2, 0.25) is 0 Å². The molecular weight excluding hydrogens is 310 g/mol. The highest BCUT2D eigenvalue weighted by molar-refractivity contribution is 5.66. The first kappa shape index (κ1) is 17.1. The smallest absolute Gasteiger partial charge is 0.123 e. The van der Waals surface area contributed by atoms with E-state index in [4.69, 9.17) is 10.5 Å². The predicted octanol–water partition coefficient (Wildman–Crippen LogP) is 4.48. The van der Waals surface area contributed by atoms with Crippen LogP contribution in [0.1, 0.15) is 27.9 Å². The van der Waals surface area contributed by atoms with Crippen LogP contribution in [0.5, 0.6) is 5.75 Å². The summed E-state index contributed by atoms with van der Waals surface area (Å²) in [4.78, 5) is 0. The Morgan fingerprint density at radius 3 is 2.40 bits per heavy atom. The molecule has 3 rings (SSSR count). The van der Waals surface area contributed by atoms with Gasteiger partial charge in [0.1, 0.15) is 12.4 Å². The van der Waals surface area contributed by atoms with Gasteiger partial charge in [-0.3, -0.25) is 4.68 Å². The third-order valence-corrected chi connectivity index (χ3v) is 4.73. The SMILES string of the molecule is Cc1cc(-c2cc(C)n(C)n2)c(C)cc1OCc1c(C)cccc1N. The molecule has 0 saturated heterocycles. The summed E-state index contributed by atoms with van der Waals surface area (Å²) in [6, 6.07) is 12.3. The van der Waals surface area contributed by atoms with E-state index in [-0.39, 0.29) is 0 Å². The lowest BCUT2D eigenvalue weighted by Crippen LogP contribution is -2.04. The van der Waals surface area contributed by atoms with E-state index in [9.17, 15) is 0 Å². The molecule has 0 amide bonds. The van der Waals surface area contributed by atoms with Crippen molar-refractivity contribution in [2.75, 3.05) is 5.73 Å². The highest BCUT2D eigenvalue weighted by Gasteiger charge is 2.12. The van der Waals surface area contributed by atoms with Crippen LogP contribution in [0.25, 0.3) is 11.3 Å². The van der Waals surface area contributed by atoms with Gasteiger partial charge in [-0.15, -0.1) is 0 Å². The number of anilines is 1. The molecule has 3 aromatic rings. The third kappa shape index (κ3) is 3.38. The van der Waals surface area contributed by atoms with Crippen molar-refractivity contribution in [3.05, 3.63) is 64.3 Å². The Morgan fingerprint density at radius 2 is 1.76 bits per heavy atom. The molecule has 25 heavy (non-hydrogen) atoms. The molecule has 4 heteroatoms. The number of nitrogens with zero attached hydrogens (tertiary/aromatic N) is 2. The van der Waals surface area contributed by atoms with Gasteiger partial charge >= 0.3 is 0 Å². The first-order valence-corrected chi connectivity index (χ1v) is 8.46. The normalized spacial score (nSPS) is 10.9. The van der Waals surface area contributed by atoms with Crippen LogP contribution in [0.3, 0.4) is 0 Å². The highest BCUT2D eigenvalue weighted by Crippen LogP contribution is 2.31. The lowest BCUT2D eigenvalue weighted by molar-refractivity contribution is 0.304. The van der Waals surface area contributed by atoms with Crippen molar-refractivity contribution < 1.29 is 4.74 Å². The minimum Gasteiger partial charge on any atom is -0.489 e. The minimum absolute atomic E-state index is 0.473. The van der Waals surface area contributed by atoms with Gasteiger partial charge in [0.15, 0.2) is 0 Å². The van der Waals surface area contributed by atoms with Gasteiger partial charge in [-0.25, -0.2) is 0 Å². The Morgan fingerprint density at radius 1 is 1.00 bits per heavy atom. The number of aryl methyl sites for hydroxylation is 5. The van der Waals surface area contributed by atoms with E-state index in [0.29, 0.717) is 6.61 Å². The van der Waals surface area contributed by atoms with Gasteiger partial charge < -0.3 is 10.5 Å². The molecule has 0 saturated carbocycles. The molecule has 0 aliphatic carbocycles. The molecule has 2 N–H and O–H groups in total. The van der Waals surface area contributed by atoms with Crippen molar-refractivity contribution in [1.82, 2.24) is 9.78 Å². The number of aromatic nitrogens is 2. The maximum Gasteiger partial charge on any atom is 0.123 e. The zero-order valence-electron chi connectivity index (χ0n) is 15.6. The highest BCUT2D eigenvalue weighted by atomic mass is 16.5. The molecule has 0 fully saturated rings. The van der Waals surface area contributed by atoms with Gasteiger partial charge in [0.25, 0.3) is 0 Å². The molecule has 2 aromatic carbocycles. The molecule has 1 heterocycles. The fourth-order valence-electron chi connectivity index (χ4n) is 2.99. The van der Waals surface area contributed by atoms with Crippen molar-refractivity contribution in [2.45, 2.75) is 34.3 Å². The van der Waals surface area contributed by atoms with Crippen LogP contribution in [-0.4, -0.2) is 9.78 Å². The largest absolute Gasteiger partial charge is 0.489 e. The summed E-state index contributed by atoms with van der Waals surface area (Å²) >= 11 is 0. The Kier molecular flexibility index (Phi) is 4.53. The van der Waals surface area contributed by atoms with Crippen LogP contribution in [0.4, 0.5) is 5.69 Å². The fourth-order valence-corrected chi connectivity index (χ4v) is 2.99. The number of rotatable bonds is 4. The minimum atomic E-state index is 0.473. The standard InChI is InChI=1S/C21H25N3O/c1-13-7-6-8-19(22)18(13)12-25-21-10-14(2)17(9-15(21)3)20-11-16(4)24(5)23-20/h6-11H,12,22H2,1-5H3. The molecule has 0 aliphatic heterocycles. The van der Waals surface area contributed by atoms with Crippen molar-refractivity contribution in [3.8, 4) is 17.0 Å². The summed E-state index contributed by atoms with van der Waals surface area (Å²) in [5, 5.41) is 4.59. The zero-order valence-corrected chi connectivity index (χ0v) is 15.6. The van der Waals surface area contributed by atoms with Crippen molar-refractivity contribution in [1.29, 1.82) is 0 Å². The number of nitrogens with two attached hydrogens (primary N) is 1. The molecule has 0 spiro atoms. The quantitative estimate of drug-likeness (QED) is 0.715. The Labute approximate surface area is 149 Å². The molecule has 0 bridgehead atoms. The second kappa shape index (κ2) is 6.63. The van der Waals surface area contributed by atoms with Crippen LogP contribution >= 0.6 is 0 Å². The zero-order chi connectivity index (χ0) is 18.1. The summed E-state index contributed by atoms with van der Waals surface area (Å²) in [5.74, 6) is 0.886. The number of benzene rings is 2. The van der Waals surface area contributed by atoms with Gasteiger partial charge in [0.2, 0.25) is 0 Å². The van der Waals surface area contributed by atoms with E-state index >= 15 is 0 Å². The Bertz CT molecular complexity index is 885. The Hall–Kier alpha value is -2.75. The van der Waals surface area contributed by atoms with E-state index < -0.39 is 0 Å². The molecule has 0 atom stereocenters. The lowest BCUT2D eigenvalue weighted by atomic mass is 10.0. The number of nitrogen functional groups attached to an aromatic ring is 1. The molecule has 4 nitrogen and oxygen atoms in total. The number of hydrogen-bond donors (Lipinski definition) is 1. The van der Waals surface area contributed by atoms with E-state index in [2.05, 4.69) is 57.1 Å². The predicted molar refractivity (Wildman–Crippen MR) is 103 cm³/mol. The van der Waals surface area contributed by atoms with Gasteiger partial charge in [0.05, 0.1) is 5.69 Å². The summed E-state index contributed by atoms with van der Waals surface area (Å²) in [5.41, 5.74) is 14.6. The third-order valence-electron chi connectivity index (χ3n) is 4.73. The summed E-state index contributed by atoms with van der Waals surface area (Å²) in [6.45, 7) is 8.74. The molecule has 130 valence electrons. The molecule has 0 radical (unpaired) electrons. The summed E-state index contributed by atoms with van der Waals surface area (Å²) in [6.07, 6.45) is 0. The van der Waals surface area contributed by atoms with Crippen molar-refractivity contribution in [2.24, 2.45) is 7.05 Å². The van der Waals surface area contributed by atoms with E-state index in [1.807, 2.05) is 23.9 Å². The second-order valence-electron chi connectivity index (χ2n) is 6.66. The summed E-state index contributed by atoms with van der Waals surface area (Å²) < 4.78 is 7.98. The maximum absolute atomic E-state index is 6.08. The number of hydrogen-bond acceptors (Lipinski definition) is 3. The van der Waals surface area contributed by atoms with E-state index in [1.165, 1.54) is 0 Å². The molecule has 1 aromatic heterocycles. The maximum atomic E-state index is 6.08. The topological polar surface area (TPSA) is 53.1 Å². The molecule has 0 unspecified atom stereocenters. The number of ether oxygens (including phenoxy) is 1. The van der Waals surface area contributed by atoms with E-state index in [0.717, 1.165) is 50.6 Å². The van der Waals surface area contributed by atoms with Crippen LogP contribution in [0.15, 0.2) is 36.4 Å². The first-order chi connectivity index (χ1) is 11.9. The lowest BCUT2D eigenvalue weighted by Gasteiger charge is -2.15. The molecule has 0 aliphatic rings. The fraction of sp³-hybridized carbons (Fsp3) is 0.286. The summed E-state index contributed by atoms with van der Waals surface area (Å²) in [7, 11) is 1.96. The van der Waals surface area contributed by atoms with Crippen LogP contribution in [-0.2, 0) is 13.7 Å². The van der Waals surface area contributed by atoms with Gasteiger partial charge in [-0.1, -0.05) is 12.1 Å². The van der Waals surface area contributed by atoms with Gasteiger partial charge in [0, 0.05) is 29.6 Å². The average Bonchev–Trinajstić information content (AvgIpc) is 2.88. The van der Waals surface area contributed by atoms with Crippen molar-refractivity contribution >= 4 is 5.69 Å². The average molecular weight is 335 g/mol. The Balaban J connectivity index is 1.88.